The molecule has 8 heteroatoms. The number of carbonyl (C=O) groups is 1. The van der Waals surface area contributed by atoms with Gasteiger partial charge in [-0.15, -0.1) is 0 Å². The number of nitrogens with zero attached hydrogens (tertiary/aromatic N) is 1. The lowest BCUT2D eigenvalue weighted by atomic mass is 10.1. The Morgan fingerprint density at radius 3 is 2.60 bits per heavy atom. The third-order valence-electron chi connectivity index (χ3n) is 2.45. The Hall–Kier alpha value is -1.41. The third-order valence-corrected chi connectivity index (χ3v) is 3.23. The summed E-state index contributed by atoms with van der Waals surface area (Å²) in [5.41, 5.74) is 0.839. The van der Waals surface area contributed by atoms with E-state index >= 15 is 0 Å². The van der Waals surface area contributed by atoms with Gasteiger partial charge in [0, 0.05) is 6.07 Å². The molecule has 0 aliphatic rings. The van der Waals surface area contributed by atoms with Crippen LogP contribution in [0.1, 0.15) is 32.2 Å². The maximum Gasteiger partial charge on any atom is 0.238 e. The highest BCUT2D eigenvalue weighted by molar-refractivity contribution is 7.88. The van der Waals surface area contributed by atoms with E-state index in [4.69, 9.17) is 4.52 Å². The first-order valence-corrected chi connectivity index (χ1v) is 8.26. The van der Waals surface area contributed by atoms with Crippen molar-refractivity contribution in [3.05, 3.63) is 17.5 Å². The van der Waals surface area contributed by atoms with Gasteiger partial charge in [0.15, 0.2) is 5.76 Å². The molecule has 0 radical (unpaired) electrons. The Balaban J connectivity index is 2.46. The molecule has 1 aromatic rings. The molecule has 0 aromatic carbocycles. The summed E-state index contributed by atoms with van der Waals surface area (Å²) in [6.45, 7) is 5.81. The summed E-state index contributed by atoms with van der Waals surface area (Å²) >= 11 is 0. The van der Waals surface area contributed by atoms with Gasteiger partial charge in [-0.1, -0.05) is 19.0 Å². The van der Waals surface area contributed by atoms with Crippen molar-refractivity contribution in [1.82, 2.24) is 15.2 Å². The van der Waals surface area contributed by atoms with E-state index < -0.39 is 22.0 Å². The maximum absolute atomic E-state index is 11.7. The zero-order chi connectivity index (χ0) is 15.3. The minimum atomic E-state index is -3.41. The largest absolute Gasteiger partial charge is 0.359 e. The second-order valence-corrected chi connectivity index (χ2v) is 6.99. The van der Waals surface area contributed by atoms with E-state index in [0.717, 1.165) is 18.4 Å². The maximum atomic E-state index is 11.7. The topological polar surface area (TPSA) is 101 Å². The average molecular weight is 303 g/mol. The molecule has 0 spiro atoms. The Morgan fingerprint density at radius 2 is 2.05 bits per heavy atom. The van der Waals surface area contributed by atoms with Crippen LogP contribution in [0, 0.1) is 5.92 Å². The van der Waals surface area contributed by atoms with Crippen LogP contribution >= 0.6 is 0 Å². The van der Waals surface area contributed by atoms with E-state index in [2.05, 4.69) is 29.0 Å². The van der Waals surface area contributed by atoms with E-state index in [0.29, 0.717) is 11.7 Å². The molecular formula is C12H21N3O4S. The number of hydrogen-bond acceptors (Lipinski definition) is 5. The predicted molar refractivity (Wildman–Crippen MR) is 74.3 cm³/mol. The van der Waals surface area contributed by atoms with Gasteiger partial charge in [0.1, 0.15) is 0 Å². The molecule has 2 N–H and O–H groups in total. The second-order valence-electron chi connectivity index (χ2n) is 5.21. The molecule has 0 aliphatic carbocycles. The van der Waals surface area contributed by atoms with Gasteiger partial charge in [0.05, 0.1) is 24.5 Å². The molecule has 1 aromatic heterocycles. The summed E-state index contributed by atoms with van der Waals surface area (Å²) in [6.07, 6.45) is 1.81. The smallest absolute Gasteiger partial charge is 0.238 e. The summed E-state index contributed by atoms with van der Waals surface area (Å²) in [4.78, 5) is 11.7. The van der Waals surface area contributed by atoms with Gasteiger partial charge in [0.2, 0.25) is 15.9 Å². The number of aromatic nitrogens is 1. The zero-order valence-corrected chi connectivity index (χ0v) is 13.0. The molecule has 1 amide bonds. The highest BCUT2D eigenvalue weighted by Crippen LogP contribution is 2.08. The number of rotatable bonds is 7. The fraction of sp³-hybridized carbons (Fsp3) is 0.667. The van der Waals surface area contributed by atoms with E-state index in [9.17, 15) is 13.2 Å². The lowest BCUT2D eigenvalue weighted by Crippen LogP contribution is -2.44. The van der Waals surface area contributed by atoms with E-state index in [-0.39, 0.29) is 6.54 Å². The van der Waals surface area contributed by atoms with Gasteiger partial charge in [0.25, 0.3) is 0 Å². The van der Waals surface area contributed by atoms with Crippen LogP contribution in [0.3, 0.4) is 0 Å². The highest BCUT2D eigenvalue weighted by atomic mass is 32.2. The van der Waals surface area contributed by atoms with Gasteiger partial charge in [-0.05, 0) is 19.3 Å². The molecule has 0 aliphatic heterocycles. The molecule has 0 unspecified atom stereocenters. The van der Waals surface area contributed by atoms with Gasteiger partial charge in [-0.3, -0.25) is 4.79 Å². The molecule has 1 rings (SSSR count). The molecule has 0 bridgehead atoms. The quantitative estimate of drug-likeness (QED) is 0.760. The molecule has 1 atom stereocenters. The van der Waals surface area contributed by atoms with Crippen LogP contribution < -0.4 is 10.0 Å². The number of nitrogens with one attached hydrogen (secondary N) is 2. The second kappa shape index (κ2) is 6.85. The van der Waals surface area contributed by atoms with Crippen LogP contribution in [0.5, 0.6) is 0 Å². The summed E-state index contributed by atoms with van der Waals surface area (Å²) in [7, 11) is -3.41. The van der Waals surface area contributed by atoms with Crippen LogP contribution in [0.4, 0.5) is 0 Å². The number of amides is 1. The molecule has 7 nitrogen and oxygen atoms in total. The number of hydrogen-bond donors (Lipinski definition) is 2. The third kappa shape index (κ3) is 6.16. The Morgan fingerprint density at radius 1 is 1.40 bits per heavy atom. The Bertz CT molecular complexity index is 551. The van der Waals surface area contributed by atoms with E-state index in [1.54, 1.807) is 6.07 Å². The number of carbonyl (C=O) groups excluding carboxylic acids is 1. The van der Waals surface area contributed by atoms with Crippen molar-refractivity contribution < 1.29 is 17.7 Å². The first-order valence-electron chi connectivity index (χ1n) is 6.37. The van der Waals surface area contributed by atoms with Gasteiger partial charge in [-0.25, -0.2) is 13.1 Å². The van der Waals surface area contributed by atoms with Crippen LogP contribution in [0.2, 0.25) is 0 Å². The van der Waals surface area contributed by atoms with Gasteiger partial charge in [-0.2, -0.15) is 0 Å². The highest BCUT2D eigenvalue weighted by Gasteiger charge is 2.17. The Labute approximate surface area is 119 Å². The van der Waals surface area contributed by atoms with Gasteiger partial charge >= 0.3 is 0 Å². The van der Waals surface area contributed by atoms with Crippen molar-refractivity contribution in [2.24, 2.45) is 5.92 Å². The molecule has 1 heterocycles. The Kier molecular flexibility index (Phi) is 5.70. The lowest BCUT2D eigenvalue weighted by Gasteiger charge is -2.11. The zero-order valence-electron chi connectivity index (χ0n) is 12.1. The van der Waals surface area contributed by atoms with Crippen LogP contribution in [-0.2, 0) is 27.8 Å². The SMILES string of the molecule is CC(C)Cc1cc(CNC(=O)[C@@H](C)NS(C)(=O)=O)on1. The molecule has 0 fully saturated rings. The number of sulfonamides is 1. The predicted octanol–water partition coefficient (Wildman–Crippen LogP) is 0.427. The van der Waals surface area contributed by atoms with E-state index in [1.165, 1.54) is 6.92 Å². The summed E-state index contributed by atoms with van der Waals surface area (Å²) in [5, 5.41) is 6.49. The summed E-state index contributed by atoms with van der Waals surface area (Å²) in [5.74, 6) is 0.597. The normalized spacial score (nSPS) is 13.4. The van der Waals surface area contributed by atoms with Crippen molar-refractivity contribution in [1.29, 1.82) is 0 Å². The average Bonchev–Trinajstić information content (AvgIpc) is 2.70. The van der Waals surface area contributed by atoms with Crippen molar-refractivity contribution in [3.63, 3.8) is 0 Å². The standard InChI is InChI=1S/C12H21N3O4S/c1-8(2)5-10-6-11(19-14-10)7-13-12(16)9(3)15-20(4,17)18/h6,8-9,15H,5,7H2,1-4H3,(H,13,16)/t9-/m1/s1. The van der Waals surface area contributed by atoms with Crippen LogP contribution in [0.25, 0.3) is 0 Å². The van der Waals surface area contributed by atoms with Crippen molar-refractivity contribution in [2.75, 3.05) is 6.26 Å². The van der Waals surface area contributed by atoms with Crippen molar-refractivity contribution in [2.45, 2.75) is 39.8 Å². The van der Waals surface area contributed by atoms with Crippen LogP contribution in [0.15, 0.2) is 10.6 Å². The fourth-order valence-corrected chi connectivity index (χ4v) is 2.40. The molecule has 0 saturated heterocycles. The van der Waals surface area contributed by atoms with E-state index in [1.807, 2.05) is 0 Å². The summed E-state index contributed by atoms with van der Waals surface area (Å²) < 4.78 is 29.3. The first-order chi connectivity index (χ1) is 9.17. The lowest BCUT2D eigenvalue weighted by molar-refractivity contribution is -0.122. The molecular weight excluding hydrogens is 282 g/mol. The summed E-state index contributed by atoms with van der Waals surface area (Å²) in [6, 6.07) is 0.956. The van der Waals surface area contributed by atoms with Crippen molar-refractivity contribution >= 4 is 15.9 Å². The monoisotopic (exact) mass is 303 g/mol. The fourth-order valence-electron chi connectivity index (χ4n) is 1.66. The molecule has 20 heavy (non-hydrogen) atoms. The van der Waals surface area contributed by atoms with Gasteiger partial charge < -0.3 is 9.84 Å². The van der Waals surface area contributed by atoms with Crippen molar-refractivity contribution in [3.8, 4) is 0 Å². The van der Waals surface area contributed by atoms with Crippen LogP contribution in [-0.4, -0.2) is 31.8 Å². The minimum Gasteiger partial charge on any atom is -0.359 e. The first kappa shape index (κ1) is 16.6. The minimum absolute atomic E-state index is 0.180. The molecule has 0 saturated carbocycles. The molecule has 114 valence electrons.